The SMILES string of the molecule is CC(=O)N[C@H](C(=O)N1C[C@H](c2ccsc2)C[C@H]1C)C(C)C. The van der Waals surface area contributed by atoms with E-state index >= 15 is 0 Å². The van der Waals surface area contributed by atoms with Gasteiger partial charge in [0.15, 0.2) is 0 Å². The molecular formula is C16H24N2O2S. The first-order valence-electron chi connectivity index (χ1n) is 7.49. The number of likely N-dealkylation sites (tertiary alicyclic amines) is 1. The van der Waals surface area contributed by atoms with Crippen LogP contribution in [0.25, 0.3) is 0 Å². The fraction of sp³-hybridized carbons (Fsp3) is 0.625. The number of thiophene rings is 1. The molecule has 2 amide bonds. The van der Waals surface area contributed by atoms with E-state index in [9.17, 15) is 9.59 Å². The summed E-state index contributed by atoms with van der Waals surface area (Å²) in [5.74, 6) is 0.405. The van der Waals surface area contributed by atoms with E-state index < -0.39 is 6.04 Å². The summed E-state index contributed by atoms with van der Waals surface area (Å²) in [7, 11) is 0. The lowest BCUT2D eigenvalue weighted by Gasteiger charge is -2.29. The van der Waals surface area contributed by atoms with Crippen molar-refractivity contribution in [3.63, 3.8) is 0 Å². The fourth-order valence-electron chi connectivity index (χ4n) is 3.00. The quantitative estimate of drug-likeness (QED) is 0.929. The standard InChI is InChI=1S/C16H24N2O2S/c1-10(2)15(17-12(4)19)16(20)18-8-14(7-11(18)3)13-5-6-21-9-13/h5-6,9-11,14-15H,7-8H2,1-4H3,(H,17,19)/t11-,14-,15+/m1/s1. The van der Waals surface area contributed by atoms with Crippen LogP contribution in [0.15, 0.2) is 16.8 Å². The van der Waals surface area contributed by atoms with Gasteiger partial charge in [0.2, 0.25) is 11.8 Å². The molecule has 116 valence electrons. The van der Waals surface area contributed by atoms with Crippen molar-refractivity contribution in [1.82, 2.24) is 10.2 Å². The van der Waals surface area contributed by atoms with Crippen LogP contribution in [0.4, 0.5) is 0 Å². The summed E-state index contributed by atoms with van der Waals surface area (Å²) in [5, 5.41) is 7.05. The zero-order valence-corrected chi connectivity index (χ0v) is 13.9. The van der Waals surface area contributed by atoms with E-state index in [2.05, 4.69) is 29.1 Å². The first-order valence-corrected chi connectivity index (χ1v) is 8.44. The van der Waals surface area contributed by atoms with Gasteiger partial charge in [-0.3, -0.25) is 9.59 Å². The number of carbonyl (C=O) groups is 2. The molecule has 2 heterocycles. The molecule has 1 aliphatic rings. The lowest BCUT2D eigenvalue weighted by Crippen LogP contribution is -2.51. The van der Waals surface area contributed by atoms with Crippen LogP contribution in [0.2, 0.25) is 0 Å². The van der Waals surface area contributed by atoms with Gasteiger partial charge in [-0.1, -0.05) is 13.8 Å². The minimum absolute atomic E-state index is 0.0467. The van der Waals surface area contributed by atoms with E-state index in [0.29, 0.717) is 5.92 Å². The summed E-state index contributed by atoms with van der Waals surface area (Å²) in [6.07, 6.45) is 0.993. The number of nitrogens with one attached hydrogen (secondary N) is 1. The Morgan fingerprint density at radius 3 is 2.67 bits per heavy atom. The summed E-state index contributed by atoms with van der Waals surface area (Å²) < 4.78 is 0. The maximum atomic E-state index is 12.8. The van der Waals surface area contributed by atoms with Crippen molar-refractivity contribution in [1.29, 1.82) is 0 Å². The number of amides is 2. The van der Waals surface area contributed by atoms with E-state index in [0.717, 1.165) is 13.0 Å². The van der Waals surface area contributed by atoms with Crippen LogP contribution in [0.1, 0.15) is 45.6 Å². The Balaban J connectivity index is 2.09. The molecule has 1 aromatic heterocycles. The van der Waals surface area contributed by atoms with Crippen molar-refractivity contribution in [3.05, 3.63) is 22.4 Å². The topological polar surface area (TPSA) is 49.4 Å². The molecule has 2 rings (SSSR count). The molecule has 1 aliphatic heterocycles. The van der Waals surface area contributed by atoms with Gasteiger partial charge in [0.25, 0.3) is 0 Å². The first kappa shape index (κ1) is 16.0. The maximum Gasteiger partial charge on any atom is 0.245 e. The predicted molar refractivity (Wildman–Crippen MR) is 85.3 cm³/mol. The number of carbonyl (C=O) groups excluding carboxylic acids is 2. The number of hydrogen-bond donors (Lipinski definition) is 1. The molecule has 0 radical (unpaired) electrons. The highest BCUT2D eigenvalue weighted by Crippen LogP contribution is 2.33. The van der Waals surface area contributed by atoms with Gasteiger partial charge in [-0.05, 0) is 41.7 Å². The normalized spacial score (nSPS) is 23.4. The molecule has 21 heavy (non-hydrogen) atoms. The smallest absolute Gasteiger partial charge is 0.245 e. The number of hydrogen-bond acceptors (Lipinski definition) is 3. The highest BCUT2D eigenvalue weighted by molar-refractivity contribution is 7.07. The lowest BCUT2D eigenvalue weighted by molar-refractivity contribution is -0.137. The Morgan fingerprint density at radius 2 is 2.14 bits per heavy atom. The molecule has 0 unspecified atom stereocenters. The zero-order chi connectivity index (χ0) is 15.6. The third-order valence-electron chi connectivity index (χ3n) is 4.16. The molecule has 0 aromatic carbocycles. The average Bonchev–Trinajstić information content (AvgIpc) is 3.03. The average molecular weight is 308 g/mol. The van der Waals surface area contributed by atoms with Crippen LogP contribution in [0, 0.1) is 5.92 Å². The van der Waals surface area contributed by atoms with Gasteiger partial charge in [-0.2, -0.15) is 11.3 Å². The molecule has 1 fully saturated rings. The summed E-state index contributed by atoms with van der Waals surface area (Å²) in [5.41, 5.74) is 1.32. The van der Waals surface area contributed by atoms with E-state index in [1.807, 2.05) is 18.7 Å². The summed E-state index contributed by atoms with van der Waals surface area (Å²) in [6.45, 7) is 8.24. The van der Waals surface area contributed by atoms with Crippen molar-refractivity contribution in [2.45, 2.75) is 52.1 Å². The number of rotatable bonds is 4. The summed E-state index contributed by atoms with van der Waals surface area (Å²) in [6, 6.07) is 1.94. The van der Waals surface area contributed by atoms with Crippen LogP contribution >= 0.6 is 11.3 Å². The molecule has 0 aliphatic carbocycles. The van der Waals surface area contributed by atoms with Crippen LogP contribution in [0.3, 0.4) is 0 Å². The van der Waals surface area contributed by atoms with Gasteiger partial charge in [-0.25, -0.2) is 0 Å². The minimum atomic E-state index is -0.425. The van der Waals surface area contributed by atoms with Crippen LogP contribution in [-0.4, -0.2) is 35.3 Å². The van der Waals surface area contributed by atoms with Gasteiger partial charge >= 0.3 is 0 Å². The van der Waals surface area contributed by atoms with Gasteiger partial charge in [-0.15, -0.1) is 0 Å². The van der Waals surface area contributed by atoms with Crippen molar-refractivity contribution in [3.8, 4) is 0 Å². The zero-order valence-electron chi connectivity index (χ0n) is 13.1. The van der Waals surface area contributed by atoms with Gasteiger partial charge < -0.3 is 10.2 Å². The van der Waals surface area contributed by atoms with Gasteiger partial charge in [0.1, 0.15) is 6.04 Å². The molecule has 4 nitrogen and oxygen atoms in total. The van der Waals surface area contributed by atoms with Crippen molar-refractivity contribution in [2.75, 3.05) is 6.54 Å². The molecule has 1 aromatic rings. The Morgan fingerprint density at radius 1 is 1.43 bits per heavy atom. The highest BCUT2D eigenvalue weighted by Gasteiger charge is 2.37. The van der Waals surface area contributed by atoms with E-state index in [-0.39, 0.29) is 23.8 Å². The van der Waals surface area contributed by atoms with Crippen molar-refractivity contribution in [2.24, 2.45) is 5.92 Å². The Kier molecular flexibility index (Phi) is 5.04. The van der Waals surface area contributed by atoms with Gasteiger partial charge in [0, 0.05) is 25.4 Å². The fourth-order valence-corrected chi connectivity index (χ4v) is 3.74. The van der Waals surface area contributed by atoms with Crippen LogP contribution in [-0.2, 0) is 9.59 Å². The maximum absolute atomic E-state index is 12.8. The molecule has 3 atom stereocenters. The molecule has 1 saturated heterocycles. The molecular weight excluding hydrogens is 284 g/mol. The van der Waals surface area contributed by atoms with Gasteiger partial charge in [0.05, 0.1) is 0 Å². The second-order valence-corrected chi connectivity index (χ2v) is 7.03. The Labute approximate surface area is 130 Å². The predicted octanol–water partition coefficient (Wildman–Crippen LogP) is 2.61. The number of nitrogens with zero attached hydrogens (tertiary/aromatic N) is 1. The second kappa shape index (κ2) is 6.60. The third kappa shape index (κ3) is 3.64. The van der Waals surface area contributed by atoms with E-state index in [4.69, 9.17) is 0 Å². The van der Waals surface area contributed by atoms with Crippen LogP contribution in [0.5, 0.6) is 0 Å². The first-order chi connectivity index (χ1) is 9.90. The highest BCUT2D eigenvalue weighted by atomic mass is 32.1. The molecule has 0 saturated carbocycles. The van der Waals surface area contributed by atoms with Crippen molar-refractivity contribution < 1.29 is 9.59 Å². The third-order valence-corrected chi connectivity index (χ3v) is 4.87. The summed E-state index contributed by atoms with van der Waals surface area (Å²) in [4.78, 5) is 26.0. The van der Waals surface area contributed by atoms with Crippen molar-refractivity contribution >= 4 is 23.2 Å². The molecule has 5 heteroatoms. The summed E-state index contributed by atoms with van der Waals surface area (Å²) >= 11 is 1.70. The Hall–Kier alpha value is -1.36. The molecule has 0 bridgehead atoms. The molecule has 1 N–H and O–H groups in total. The van der Waals surface area contributed by atoms with E-state index in [1.165, 1.54) is 12.5 Å². The lowest BCUT2D eigenvalue weighted by atomic mass is 10.00. The van der Waals surface area contributed by atoms with E-state index in [1.54, 1.807) is 11.3 Å². The van der Waals surface area contributed by atoms with Crippen LogP contribution < -0.4 is 5.32 Å². The largest absolute Gasteiger partial charge is 0.344 e. The Bertz CT molecular complexity index is 498. The molecule has 0 spiro atoms. The monoisotopic (exact) mass is 308 g/mol. The minimum Gasteiger partial charge on any atom is -0.344 e. The second-order valence-electron chi connectivity index (χ2n) is 6.25.